The number of hydrogen-bond donors (Lipinski definition) is 1. The molecule has 1 N–H and O–H groups in total. The van der Waals surface area contributed by atoms with Gasteiger partial charge in [0, 0.05) is 44.5 Å². The lowest BCUT2D eigenvalue weighted by Gasteiger charge is -2.28. The number of pyridine rings is 1. The number of carbonyl (C=O) groups excluding carboxylic acids is 2. The first kappa shape index (κ1) is 16.6. The molecule has 0 spiro atoms. The molecule has 1 atom stereocenters. The van der Waals surface area contributed by atoms with Crippen LogP contribution in [0.25, 0.3) is 0 Å². The van der Waals surface area contributed by atoms with E-state index in [-0.39, 0.29) is 17.9 Å². The fourth-order valence-corrected chi connectivity index (χ4v) is 3.66. The highest BCUT2D eigenvalue weighted by molar-refractivity contribution is 6.05. The molecule has 3 heterocycles. The quantitative estimate of drug-likeness (QED) is 0.903. The van der Waals surface area contributed by atoms with Gasteiger partial charge in [-0.3, -0.25) is 14.6 Å². The lowest BCUT2D eigenvalue weighted by atomic mass is 9.96. The van der Waals surface area contributed by atoms with E-state index >= 15 is 0 Å². The summed E-state index contributed by atoms with van der Waals surface area (Å²) in [6.45, 7) is 4.73. The third kappa shape index (κ3) is 3.03. The molecule has 1 aromatic carbocycles. The summed E-state index contributed by atoms with van der Waals surface area (Å²) in [5.41, 5.74) is 4.37. The number of hydrogen-bond acceptors (Lipinski definition) is 4. The molecule has 2 amide bonds. The van der Waals surface area contributed by atoms with Crippen molar-refractivity contribution in [3.63, 3.8) is 0 Å². The van der Waals surface area contributed by atoms with Crippen molar-refractivity contribution in [1.82, 2.24) is 9.88 Å². The second-order valence-electron chi connectivity index (χ2n) is 6.92. The number of nitrogens with one attached hydrogen (secondary N) is 1. The Morgan fingerprint density at radius 2 is 2.12 bits per heavy atom. The van der Waals surface area contributed by atoms with E-state index in [1.54, 1.807) is 24.2 Å². The van der Waals surface area contributed by atoms with Crippen LogP contribution in [0.5, 0.6) is 5.75 Å². The van der Waals surface area contributed by atoms with Crippen LogP contribution in [-0.4, -0.2) is 34.3 Å². The summed E-state index contributed by atoms with van der Waals surface area (Å²) in [7, 11) is 0. The Morgan fingerprint density at radius 1 is 1.27 bits per heavy atom. The molecule has 2 aromatic rings. The minimum atomic E-state index is -0.169. The van der Waals surface area contributed by atoms with Gasteiger partial charge in [-0.2, -0.15) is 0 Å². The van der Waals surface area contributed by atoms with Gasteiger partial charge in [-0.15, -0.1) is 0 Å². The van der Waals surface area contributed by atoms with Crippen molar-refractivity contribution >= 4 is 17.5 Å². The second kappa shape index (κ2) is 6.44. The molecule has 0 radical (unpaired) electrons. The fourth-order valence-electron chi connectivity index (χ4n) is 3.66. The Morgan fingerprint density at radius 3 is 2.92 bits per heavy atom. The normalized spacial score (nSPS) is 17.9. The zero-order chi connectivity index (χ0) is 18.3. The van der Waals surface area contributed by atoms with Gasteiger partial charge < -0.3 is 15.0 Å². The summed E-state index contributed by atoms with van der Waals surface area (Å²) in [5.74, 6) is 0.760. The lowest BCUT2D eigenvalue weighted by molar-refractivity contribution is -0.129. The van der Waals surface area contributed by atoms with E-state index in [0.29, 0.717) is 25.1 Å². The monoisotopic (exact) mass is 351 g/mol. The molecular formula is C20H21N3O3. The van der Waals surface area contributed by atoms with Gasteiger partial charge in [0.1, 0.15) is 11.9 Å². The van der Waals surface area contributed by atoms with Crippen molar-refractivity contribution in [2.45, 2.75) is 39.3 Å². The van der Waals surface area contributed by atoms with Gasteiger partial charge in [-0.1, -0.05) is 0 Å². The van der Waals surface area contributed by atoms with Gasteiger partial charge in [0.2, 0.25) is 5.91 Å². The molecule has 1 unspecified atom stereocenters. The largest absolute Gasteiger partial charge is 0.490 e. The van der Waals surface area contributed by atoms with Crippen LogP contribution in [-0.2, 0) is 24.2 Å². The van der Waals surface area contributed by atoms with Crippen molar-refractivity contribution in [3.05, 3.63) is 52.8 Å². The predicted molar refractivity (Wildman–Crippen MR) is 97.2 cm³/mol. The molecule has 134 valence electrons. The molecule has 26 heavy (non-hydrogen) atoms. The van der Waals surface area contributed by atoms with Gasteiger partial charge in [0.15, 0.2) is 0 Å². The lowest BCUT2D eigenvalue weighted by Crippen LogP contribution is -2.35. The molecule has 0 saturated heterocycles. The Bertz CT molecular complexity index is 894. The average Bonchev–Trinajstić information content (AvgIpc) is 2.99. The summed E-state index contributed by atoms with van der Waals surface area (Å²) in [5, 5.41) is 2.97. The summed E-state index contributed by atoms with van der Waals surface area (Å²) >= 11 is 0. The average molecular weight is 351 g/mol. The van der Waals surface area contributed by atoms with E-state index in [1.807, 2.05) is 25.1 Å². The number of ether oxygens (including phenoxy) is 1. The van der Waals surface area contributed by atoms with Crippen LogP contribution in [0.4, 0.5) is 5.69 Å². The third-order valence-electron chi connectivity index (χ3n) is 4.98. The first-order chi connectivity index (χ1) is 12.5. The van der Waals surface area contributed by atoms with Crippen LogP contribution in [0.3, 0.4) is 0 Å². The Labute approximate surface area is 152 Å². The topological polar surface area (TPSA) is 71.5 Å². The summed E-state index contributed by atoms with van der Waals surface area (Å²) < 4.78 is 5.70. The van der Waals surface area contributed by atoms with Crippen molar-refractivity contribution < 1.29 is 14.3 Å². The number of anilines is 1. The molecule has 1 aromatic heterocycles. The van der Waals surface area contributed by atoms with Gasteiger partial charge in [0.05, 0.1) is 5.56 Å². The van der Waals surface area contributed by atoms with Gasteiger partial charge in [-0.25, -0.2) is 0 Å². The molecule has 0 bridgehead atoms. The summed E-state index contributed by atoms with van der Waals surface area (Å²) in [6.07, 6.45) is 5.04. The highest BCUT2D eigenvalue weighted by Crippen LogP contribution is 2.31. The number of nitrogens with zero attached hydrogens (tertiary/aromatic N) is 2. The van der Waals surface area contributed by atoms with Crippen LogP contribution in [0, 0.1) is 0 Å². The third-order valence-corrected chi connectivity index (χ3v) is 4.98. The molecule has 0 aliphatic carbocycles. The Hall–Kier alpha value is -2.89. The van der Waals surface area contributed by atoms with Crippen molar-refractivity contribution in [2.75, 3.05) is 11.9 Å². The van der Waals surface area contributed by atoms with Crippen LogP contribution >= 0.6 is 0 Å². The van der Waals surface area contributed by atoms with E-state index < -0.39 is 0 Å². The first-order valence-electron chi connectivity index (χ1n) is 8.83. The first-order valence-corrected chi connectivity index (χ1v) is 8.83. The maximum atomic E-state index is 12.8. The number of aromatic nitrogens is 1. The number of carbonyl (C=O) groups is 2. The Balaban J connectivity index is 1.56. The zero-order valence-corrected chi connectivity index (χ0v) is 14.9. The highest BCUT2D eigenvalue weighted by Gasteiger charge is 2.24. The number of amides is 2. The minimum absolute atomic E-state index is 0.0418. The summed E-state index contributed by atoms with van der Waals surface area (Å²) in [4.78, 5) is 30.4. The molecule has 0 fully saturated rings. The Kier molecular flexibility index (Phi) is 4.11. The molecule has 2 aliphatic rings. The van der Waals surface area contributed by atoms with E-state index in [2.05, 4.69) is 10.3 Å². The molecule has 0 saturated carbocycles. The van der Waals surface area contributed by atoms with Crippen LogP contribution in [0.15, 0.2) is 30.6 Å². The number of benzene rings is 1. The maximum absolute atomic E-state index is 12.8. The molecular weight excluding hydrogens is 330 g/mol. The molecule has 6 nitrogen and oxygen atoms in total. The van der Waals surface area contributed by atoms with E-state index in [0.717, 1.165) is 34.5 Å². The molecule has 4 rings (SSSR count). The number of rotatable bonds is 2. The van der Waals surface area contributed by atoms with Crippen LogP contribution in [0.1, 0.15) is 40.9 Å². The van der Waals surface area contributed by atoms with Gasteiger partial charge in [0.25, 0.3) is 5.91 Å². The summed E-state index contributed by atoms with van der Waals surface area (Å²) in [6, 6.07) is 5.73. The molecule has 6 heteroatoms. The van der Waals surface area contributed by atoms with Crippen molar-refractivity contribution in [1.29, 1.82) is 0 Å². The van der Waals surface area contributed by atoms with Crippen molar-refractivity contribution in [3.8, 4) is 5.75 Å². The highest BCUT2D eigenvalue weighted by atomic mass is 16.5. The van der Waals surface area contributed by atoms with Crippen molar-refractivity contribution in [2.24, 2.45) is 0 Å². The van der Waals surface area contributed by atoms with Gasteiger partial charge >= 0.3 is 0 Å². The second-order valence-corrected chi connectivity index (χ2v) is 6.92. The van der Waals surface area contributed by atoms with E-state index in [1.165, 1.54) is 0 Å². The fraction of sp³-hybridized carbons (Fsp3) is 0.350. The van der Waals surface area contributed by atoms with Crippen LogP contribution in [0.2, 0.25) is 0 Å². The number of fused-ring (bicyclic) bond motifs is 2. The maximum Gasteiger partial charge on any atom is 0.257 e. The smallest absolute Gasteiger partial charge is 0.257 e. The SMILES string of the molecule is CC(=O)N1CCc2c(cncc2C(=O)Nc2ccc3c(c2)CC(C)O3)C1. The standard InChI is InChI=1S/C20H21N3O3/c1-12-7-14-8-16(3-4-19(14)26-12)22-20(25)18-10-21-9-15-11-23(13(2)24)6-5-17(15)18/h3-4,8-10,12H,5-7,11H2,1-2H3,(H,22,25). The van der Waals surface area contributed by atoms with Crippen LogP contribution < -0.4 is 10.1 Å². The zero-order valence-electron chi connectivity index (χ0n) is 14.9. The van der Waals surface area contributed by atoms with Gasteiger partial charge in [-0.05, 0) is 48.2 Å². The predicted octanol–water partition coefficient (Wildman–Crippen LogP) is 2.56. The molecule has 2 aliphatic heterocycles. The minimum Gasteiger partial charge on any atom is -0.490 e. The van der Waals surface area contributed by atoms with E-state index in [9.17, 15) is 9.59 Å². The van der Waals surface area contributed by atoms with E-state index in [4.69, 9.17) is 4.74 Å².